The number of hydrogen-bond donors (Lipinski definition) is 2. The van der Waals surface area contributed by atoms with E-state index >= 15 is 0 Å². The van der Waals surface area contributed by atoms with Crippen LogP contribution in [0.25, 0.3) is 0 Å². The number of oxime groups is 1. The van der Waals surface area contributed by atoms with Gasteiger partial charge in [-0.1, -0.05) is 23.4 Å². The number of benzene rings is 1. The molecule has 88 valence electrons. The van der Waals surface area contributed by atoms with Gasteiger partial charge in [0.25, 0.3) is 0 Å². The van der Waals surface area contributed by atoms with Gasteiger partial charge in [-0.2, -0.15) is 0 Å². The molecule has 0 bridgehead atoms. The molecule has 1 aromatic rings. The van der Waals surface area contributed by atoms with Gasteiger partial charge in [-0.3, -0.25) is 4.72 Å². The first-order valence-corrected chi connectivity index (χ1v) is 6.44. The third-order valence-corrected chi connectivity index (χ3v) is 3.40. The van der Waals surface area contributed by atoms with E-state index in [1.807, 2.05) is 0 Å². The maximum Gasteiger partial charge on any atom is 0.232 e. The van der Waals surface area contributed by atoms with E-state index < -0.39 is 10.0 Å². The summed E-state index contributed by atoms with van der Waals surface area (Å²) in [5, 5.41) is 11.7. The van der Waals surface area contributed by atoms with Gasteiger partial charge >= 0.3 is 0 Å². The summed E-state index contributed by atoms with van der Waals surface area (Å²) in [7, 11) is -3.32. The van der Waals surface area contributed by atoms with Crippen LogP contribution in [0.2, 0.25) is 0 Å². The lowest BCUT2D eigenvalue weighted by Gasteiger charge is -2.10. The third-order valence-electron chi connectivity index (χ3n) is 2.11. The summed E-state index contributed by atoms with van der Waals surface area (Å²) in [5.41, 5.74) is 1.33. The second-order valence-corrected chi connectivity index (χ2v) is 5.25. The van der Waals surface area contributed by atoms with Crippen molar-refractivity contribution >= 4 is 21.4 Å². The maximum absolute atomic E-state index is 11.4. The molecule has 6 heteroatoms. The van der Waals surface area contributed by atoms with E-state index in [2.05, 4.69) is 9.88 Å². The summed E-state index contributed by atoms with van der Waals surface area (Å²) in [6, 6.07) is 6.76. The summed E-state index contributed by atoms with van der Waals surface area (Å²) in [4.78, 5) is 0. The summed E-state index contributed by atoms with van der Waals surface area (Å²) in [6.07, 6.45) is 0. The van der Waals surface area contributed by atoms with Crippen LogP contribution in [-0.2, 0) is 10.0 Å². The van der Waals surface area contributed by atoms with E-state index in [-0.39, 0.29) is 5.75 Å². The Morgan fingerprint density at radius 2 is 2.06 bits per heavy atom. The Morgan fingerprint density at radius 3 is 2.62 bits per heavy atom. The molecule has 0 saturated heterocycles. The highest BCUT2D eigenvalue weighted by Gasteiger charge is 2.11. The molecule has 0 heterocycles. The molecule has 0 aliphatic carbocycles. The van der Waals surface area contributed by atoms with Crippen molar-refractivity contribution < 1.29 is 13.6 Å². The van der Waals surface area contributed by atoms with Crippen molar-refractivity contribution in [1.82, 2.24) is 0 Å². The Kier molecular flexibility index (Phi) is 3.89. The van der Waals surface area contributed by atoms with Crippen molar-refractivity contribution in [3.05, 3.63) is 29.8 Å². The zero-order valence-corrected chi connectivity index (χ0v) is 9.95. The van der Waals surface area contributed by atoms with Crippen molar-refractivity contribution in [2.75, 3.05) is 10.5 Å². The number of hydrogen-bond acceptors (Lipinski definition) is 4. The lowest BCUT2D eigenvalue weighted by atomic mass is 10.1. The topological polar surface area (TPSA) is 78.8 Å². The monoisotopic (exact) mass is 242 g/mol. The molecular formula is C10H14N2O3S. The van der Waals surface area contributed by atoms with Gasteiger partial charge in [0.05, 0.1) is 17.2 Å². The smallest absolute Gasteiger partial charge is 0.232 e. The van der Waals surface area contributed by atoms with E-state index in [4.69, 9.17) is 5.21 Å². The Hall–Kier alpha value is -1.56. The van der Waals surface area contributed by atoms with E-state index in [1.165, 1.54) is 0 Å². The Balaban J connectivity index is 3.15. The van der Waals surface area contributed by atoms with Crippen molar-refractivity contribution in [3.8, 4) is 0 Å². The molecule has 0 radical (unpaired) electrons. The summed E-state index contributed by atoms with van der Waals surface area (Å²) in [6.45, 7) is 3.15. The van der Waals surface area contributed by atoms with Crippen LogP contribution in [0.5, 0.6) is 0 Å². The first-order valence-electron chi connectivity index (χ1n) is 4.78. The van der Waals surface area contributed by atoms with Crippen molar-refractivity contribution in [2.24, 2.45) is 5.16 Å². The minimum absolute atomic E-state index is 0.00332. The summed E-state index contributed by atoms with van der Waals surface area (Å²) < 4.78 is 25.3. The van der Waals surface area contributed by atoms with Gasteiger partial charge in [0, 0.05) is 5.56 Å². The fourth-order valence-electron chi connectivity index (χ4n) is 1.18. The molecule has 0 amide bonds. The van der Waals surface area contributed by atoms with Crippen molar-refractivity contribution in [1.29, 1.82) is 0 Å². The molecule has 0 aromatic heterocycles. The number of nitrogens with zero attached hydrogens (tertiary/aromatic N) is 1. The fourth-order valence-corrected chi connectivity index (χ4v) is 1.84. The van der Waals surface area contributed by atoms with Crippen LogP contribution in [0, 0.1) is 0 Å². The molecule has 0 aliphatic heterocycles. The average Bonchev–Trinajstić information content (AvgIpc) is 2.28. The number of para-hydroxylation sites is 1. The zero-order chi connectivity index (χ0) is 12.2. The Morgan fingerprint density at radius 1 is 1.44 bits per heavy atom. The standard InChI is InChI=1S/C10H14N2O3S/c1-3-16(14,15)12-10-7-5-4-6-9(10)8(2)11-13/h4-7,12-13H,3H2,1-2H3/b11-8+. The van der Waals surface area contributed by atoms with Gasteiger partial charge in [-0.05, 0) is 19.9 Å². The van der Waals surface area contributed by atoms with Crippen molar-refractivity contribution in [2.45, 2.75) is 13.8 Å². The lowest BCUT2D eigenvalue weighted by molar-refractivity contribution is 0.319. The average molecular weight is 242 g/mol. The van der Waals surface area contributed by atoms with Crippen LogP contribution in [0.4, 0.5) is 5.69 Å². The van der Waals surface area contributed by atoms with Crippen LogP contribution in [0.1, 0.15) is 19.4 Å². The fraction of sp³-hybridized carbons (Fsp3) is 0.300. The Labute approximate surface area is 94.8 Å². The number of rotatable bonds is 4. The van der Waals surface area contributed by atoms with E-state index in [0.717, 1.165) is 0 Å². The first-order chi connectivity index (χ1) is 7.50. The molecule has 5 nitrogen and oxygen atoms in total. The highest BCUT2D eigenvalue weighted by molar-refractivity contribution is 7.92. The Bertz CT molecular complexity index is 495. The highest BCUT2D eigenvalue weighted by Crippen LogP contribution is 2.17. The van der Waals surface area contributed by atoms with Gasteiger partial charge < -0.3 is 5.21 Å². The largest absolute Gasteiger partial charge is 0.411 e. The third kappa shape index (κ3) is 2.96. The molecule has 16 heavy (non-hydrogen) atoms. The number of anilines is 1. The van der Waals surface area contributed by atoms with E-state index in [1.54, 1.807) is 38.1 Å². The molecular weight excluding hydrogens is 228 g/mol. The van der Waals surface area contributed by atoms with E-state index in [9.17, 15) is 8.42 Å². The van der Waals surface area contributed by atoms with Crippen LogP contribution < -0.4 is 4.72 Å². The van der Waals surface area contributed by atoms with E-state index in [0.29, 0.717) is 17.0 Å². The van der Waals surface area contributed by atoms with Crippen LogP contribution in [0.3, 0.4) is 0 Å². The molecule has 0 atom stereocenters. The predicted molar refractivity (Wildman–Crippen MR) is 63.5 cm³/mol. The predicted octanol–water partition coefficient (Wildman–Crippen LogP) is 1.65. The summed E-state index contributed by atoms with van der Waals surface area (Å²) in [5.74, 6) is -0.00332. The van der Waals surface area contributed by atoms with Crippen LogP contribution in [0.15, 0.2) is 29.4 Å². The van der Waals surface area contributed by atoms with Gasteiger partial charge in [0.2, 0.25) is 10.0 Å². The number of nitrogens with one attached hydrogen (secondary N) is 1. The second-order valence-electron chi connectivity index (χ2n) is 3.24. The summed E-state index contributed by atoms with van der Waals surface area (Å²) >= 11 is 0. The molecule has 1 aromatic carbocycles. The molecule has 0 saturated carbocycles. The van der Waals surface area contributed by atoms with Gasteiger partial charge in [-0.25, -0.2) is 8.42 Å². The highest BCUT2D eigenvalue weighted by atomic mass is 32.2. The van der Waals surface area contributed by atoms with Gasteiger partial charge in [-0.15, -0.1) is 0 Å². The SMILES string of the molecule is CCS(=O)(=O)Nc1ccccc1/C(C)=N/O. The molecule has 0 spiro atoms. The normalized spacial score (nSPS) is 12.5. The maximum atomic E-state index is 11.4. The molecule has 1 rings (SSSR count). The quantitative estimate of drug-likeness (QED) is 0.478. The second kappa shape index (κ2) is 4.98. The van der Waals surface area contributed by atoms with Gasteiger partial charge in [0.15, 0.2) is 0 Å². The minimum Gasteiger partial charge on any atom is -0.411 e. The molecule has 2 N–H and O–H groups in total. The molecule has 0 aliphatic rings. The van der Waals surface area contributed by atoms with Crippen molar-refractivity contribution in [3.63, 3.8) is 0 Å². The lowest BCUT2D eigenvalue weighted by Crippen LogP contribution is -2.16. The minimum atomic E-state index is -3.32. The van der Waals surface area contributed by atoms with Gasteiger partial charge in [0.1, 0.15) is 0 Å². The van der Waals surface area contributed by atoms with Crippen LogP contribution >= 0.6 is 0 Å². The molecule has 0 unspecified atom stereocenters. The molecule has 0 fully saturated rings. The zero-order valence-electron chi connectivity index (χ0n) is 9.14. The van der Waals surface area contributed by atoms with Crippen LogP contribution in [-0.4, -0.2) is 25.1 Å². The first kappa shape index (κ1) is 12.5. The number of sulfonamides is 1.